The van der Waals surface area contributed by atoms with Crippen LogP contribution in [-0.4, -0.2) is 34.0 Å². The highest BCUT2D eigenvalue weighted by molar-refractivity contribution is 6.31. The minimum atomic E-state index is -4.44. The second kappa shape index (κ2) is 8.06. The number of amides is 1. The maximum absolute atomic E-state index is 13.0. The van der Waals surface area contributed by atoms with Gasteiger partial charge in [0.1, 0.15) is 6.54 Å². The molecule has 29 heavy (non-hydrogen) atoms. The fourth-order valence-electron chi connectivity index (χ4n) is 3.23. The number of halogens is 4. The first-order valence-electron chi connectivity index (χ1n) is 9.14. The molecule has 0 saturated heterocycles. The van der Waals surface area contributed by atoms with E-state index in [0.717, 1.165) is 23.0 Å². The van der Waals surface area contributed by atoms with Crippen LogP contribution in [0.3, 0.4) is 0 Å². The predicted molar refractivity (Wildman–Crippen MR) is 107 cm³/mol. The summed E-state index contributed by atoms with van der Waals surface area (Å²) in [6.45, 7) is 4.35. The summed E-state index contributed by atoms with van der Waals surface area (Å²) >= 11 is 6.18. The molecule has 0 aliphatic heterocycles. The molecule has 0 spiro atoms. The fourth-order valence-corrected chi connectivity index (χ4v) is 3.57. The summed E-state index contributed by atoms with van der Waals surface area (Å²) < 4.78 is 40.8. The average Bonchev–Trinajstić information content (AvgIpc) is 3.06. The summed E-state index contributed by atoms with van der Waals surface area (Å²) in [5.74, 6) is -0.00927. The second-order valence-electron chi connectivity index (χ2n) is 6.97. The van der Waals surface area contributed by atoms with Crippen LogP contribution in [0.4, 0.5) is 13.2 Å². The van der Waals surface area contributed by atoms with E-state index in [1.807, 2.05) is 29.8 Å². The number of rotatable bonds is 5. The van der Waals surface area contributed by atoms with Crippen molar-refractivity contribution in [1.82, 2.24) is 14.5 Å². The van der Waals surface area contributed by atoms with Crippen molar-refractivity contribution >= 4 is 28.4 Å². The van der Waals surface area contributed by atoms with Crippen LogP contribution in [0.1, 0.15) is 29.3 Å². The number of alkyl halides is 3. The standard InChI is InChI=1S/C21H21ClF3N3O/c1-4-27(3)20(29)12-28-8-6-15-18(26-7-5-19(15)28)11-16-13(2)9-14(10-17(16)22)21(23,24)25/h5-10H,4,11-12H2,1-3H3. The van der Waals surface area contributed by atoms with E-state index in [1.165, 1.54) is 0 Å². The lowest BCUT2D eigenvalue weighted by atomic mass is 9.99. The number of pyridine rings is 1. The smallest absolute Gasteiger partial charge is 0.344 e. The molecule has 0 saturated carbocycles. The van der Waals surface area contributed by atoms with Gasteiger partial charge >= 0.3 is 6.18 Å². The summed E-state index contributed by atoms with van der Waals surface area (Å²) in [4.78, 5) is 18.3. The van der Waals surface area contributed by atoms with Gasteiger partial charge in [0.15, 0.2) is 0 Å². The Morgan fingerprint density at radius 3 is 2.62 bits per heavy atom. The van der Waals surface area contributed by atoms with Gasteiger partial charge in [0.25, 0.3) is 0 Å². The number of carbonyl (C=O) groups excluding carboxylic acids is 1. The molecule has 154 valence electrons. The maximum Gasteiger partial charge on any atom is 0.416 e. The lowest BCUT2D eigenvalue weighted by Crippen LogP contribution is -2.29. The van der Waals surface area contributed by atoms with Crippen LogP contribution >= 0.6 is 11.6 Å². The molecule has 0 bridgehead atoms. The van der Waals surface area contributed by atoms with Crippen molar-refractivity contribution in [3.05, 3.63) is 64.1 Å². The molecule has 0 atom stereocenters. The highest BCUT2D eigenvalue weighted by atomic mass is 35.5. The fraction of sp³-hybridized carbons (Fsp3) is 0.333. The summed E-state index contributed by atoms with van der Waals surface area (Å²) in [6, 6.07) is 5.74. The van der Waals surface area contributed by atoms with Crippen LogP contribution in [0.2, 0.25) is 5.02 Å². The SMILES string of the molecule is CCN(C)C(=O)Cn1ccc2c(Cc3c(C)cc(C(F)(F)F)cc3Cl)nccc21. The van der Waals surface area contributed by atoms with Gasteiger partial charge in [-0.1, -0.05) is 11.6 Å². The maximum atomic E-state index is 13.0. The summed E-state index contributed by atoms with van der Waals surface area (Å²) in [6.07, 6.45) is -0.693. The number of hydrogen-bond donors (Lipinski definition) is 0. The number of likely N-dealkylation sites (N-methyl/N-ethyl adjacent to an activating group) is 1. The lowest BCUT2D eigenvalue weighted by Gasteiger charge is -2.15. The van der Waals surface area contributed by atoms with Crippen molar-refractivity contribution < 1.29 is 18.0 Å². The van der Waals surface area contributed by atoms with Crippen molar-refractivity contribution in [2.45, 2.75) is 33.0 Å². The molecule has 0 unspecified atom stereocenters. The highest BCUT2D eigenvalue weighted by Crippen LogP contribution is 2.35. The largest absolute Gasteiger partial charge is 0.416 e. The van der Waals surface area contributed by atoms with Gasteiger partial charge in [0, 0.05) is 42.8 Å². The van der Waals surface area contributed by atoms with Crippen LogP contribution in [0.15, 0.2) is 36.7 Å². The Bertz CT molecular complexity index is 1040. The van der Waals surface area contributed by atoms with Crippen molar-refractivity contribution in [3.8, 4) is 0 Å². The zero-order valence-electron chi connectivity index (χ0n) is 16.3. The van der Waals surface area contributed by atoms with Crippen molar-refractivity contribution in [1.29, 1.82) is 0 Å². The van der Waals surface area contributed by atoms with E-state index in [1.54, 1.807) is 25.1 Å². The van der Waals surface area contributed by atoms with E-state index in [2.05, 4.69) is 4.98 Å². The Balaban J connectivity index is 1.95. The van der Waals surface area contributed by atoms with Crippen LogP contribution in [-0.2, 0) is 23.9 Å². The van der Waals surface area contributed by atoms with E-state index >= 15 is 0 Å². The number of carbonyl (C=O) groups is 1. The Morgan fingerprint density at radius 2 is 2.00 bits per heavy atom. The Morgan fingerprint density at radius 1 is 1.28 bits per heavy atom. The number of aromatic nitrogens is 2. The number of benzene rings is 1. The first-order chi connectivity index (χ1) is 13.6. The normalized spacial score (nSPS) is 11.8. The molecule has 8 heteroatoms. The van der Waals surface area contributed by atoms with Gasteiger partial charge in [-0.3, -0.25) is 9.78 Å². The van der Waals surface area contributed by atoms with Crippen LogP contribution < -0.4 is 0 Å². The quantitative estimate of drug-likeness (QED) is 0.573. The van der Waals surface area contributed by atoms with Crippen molar-refractivity contribution in [2.75, 3.05) is 13.6 Å². The number of aryl methyl sites for hydroxylation is 1. The topological polar surface area (TPSA) is 38.1 Å². The monoisotopic (exact) mass is 423 g/mol. The molecular formula is C21H21ClF3N3O. The Labute approximate surface area is 171 Å². The predicted octanol–water partition coefficient (Wildman–Crippen LogP) is 5.09. The Kier molecular flexibility index (Phi) is 5.89. The zero-order chi connectivity index (χ0) is 21.3. The van der Waals surface area contributed by atoms with Crippen LogP contribution in [0.25, 0.3) is 10.9 Å². The molecule has 4 nitrogen and oxygen atoms in total. The summed E-state index contributed by atoms with van der Waals surface area (Å²) in [5, 5.41) is 0.908. The number of nitrogens with zero attached hydrogens (tertiary/aromatic N) is 3. The molecule has 1 amide bonds. The molecule has 0 radical (unpaired) electrons. The molecule has 0 N–H and O–H groups in total. The summed E-state index contributed by atoms with van der Waals surface area (Å²) in [5.41, 5.74) is 1.84. The number of fused-ring (bicyclic) bond motifs is 1. The van der Waals surface area contributed by atoms with E-state index in [-0.39, 0.29) is 17.5 Å². The molecular weight excluding hydrogens is 403 g/mol. The van der Waals surface area contributed by atoms with Gasteiger partial charge in [0.05, 0.1) is 16.8 Å². The molecule has 1 aromatic carbocycles. The molecule has 2 aromatic heterocycles. The summed E-state index contributed by atoms with van der Waals surface area (Å²) in [7, 11) is 1.75. The first-order valence-corrected chi connectivity index (χ1v) is 9.52. The Hall–Kier alpha value is -2.54. The van der Waals surface area contributed by atoms with Gasteiger partial charge in [-0.05, 0) is 49.2 Å². The lowest BCUT2D eigenvalue weighted by molar-refractivity contribution is -0.137. The van der Waals surface area contributed by atoms with Crippen LogP contribution in [0, 0.1) is 6.92 Å². The third-order valence-corrected chi connectivity index (χ3v) is 5.41. The van der Waals surface area contributed by atoms with Gasteiger partial charge in [0.2, 0.25) is 5.91 Å². The van der Waals surface area contributed by atoms with E-state index in [4.69, 9.17) is 11.6 Å². The number of hydrogen-bond acceptors (Lipinski definition) is 2. The molecule has 2 heterocycles. The van der Waals surface area contributed by atoms with E-state index < -0.39 is 11.7 Å². The molecule has 0 fully saturated rings. The zero-order valence-corrected chi connectivity index (χ0v) is 17.1. The van der Waals surface area contributed by atoms with Crippen molar-refractivity contribution in [2.24, 2.45) is 0 Å². The van der Waals surface area contributed by atoms with Gasteiger partial charge < -0.3 is 9.47 Å². The van der Waals surface area contributed by atoms with Crippen LogP contribution in [0.5, 0.6) is 0 Å². The highest BCUT2D eigenvalue weighted by Gasteiger charge is 2.31. The average molecular weight is 424 g/mol. The van der Waals surface area contributed by atoms with Gasteiger partial charge in [-0.25, -0.2) is 0 Å². The minimum absolute atomic E-state index is 0.00927. The molecule has 0 aliphatic rings. The molecule has 0 aliphatic carbocycles. The third-order valence-electron chi connectivity index (χ3n) is 5.08. The van der Waals surface area contributed by atoms with E-state index in [0.29, 0.717) is 29.8 Å². The van der Waals surface area contributed by atoms with Gasteiger partial charge in [-0.2, -0.15) is 13.2 Å². The third kappa shape index (κ3) is 4.40. The molecule has 3 aromatic rings. The van der Waals surface area contributed by atoms with Crippen molar-refractivity contribution in [3.63, 3.8) is 0 Å². The van der Waals surface area contributed by atoms with E-state index in [9.17, 15) is 18.0 Å². The second-order valence-corrected chi connectivity index (χ2v) is 7.38. The molecule has 3 rings (SSSR count). The van der Waals surface area contributed by atoms with Gasteiger partial charge in [-0.15, -0.1) is 0 Å². The first kappa shape index (κ1) is 21.2. The minimum Gasteiger partial charge on any atom is -0.344 e.